The van der Waals surface area contributed by atoms with Crippen molar-refractivity contribution in [2.75, 3.05) is 6.61 Å². The quantitative estimate of drug-likeness (QED) is 0.696. The van der Waals surface area contributed by atoms with Gasteiger partial charge in [-0.25, -0.2) is 4.79 Å². The molecule has 0 amide bonds. The monoisotopic (exact) mass is 208 g/mol. The predicted molar refractivity (Wildman–Crippen MR) is 52.1 cm³/mol. The zero-order valence-electron chi connectivity index (χ0n) is 8.75. The molecular weight excluding hydrogens is 196 g/mol. The third kappa shape index (κ3) is 1.46. The maximum atomic E-state index is 11.6. The van der Waals surface area contributed by atoms with E-state index in [2.05, 4.69) is 0 Å². The van der Waals surface area contributed by atoms with Crippen molar-refractivity contribution in [2.24, 2.45) is 0 Å². The van der Waals surface area contributed by atoms with E-state index in [4.69, 9.17) is 9.15 Å². The Hall–Kier alpha value is -1.58. The van der Waals surface area contributed by atoms with E-state index >= 15 is 0 Å². The Morgan fingerprint density at radius 1 is 1.47 bits per heavy atom. The number of ether oxygens (including phenoxy) is 1. The lowest BCUT2D eigenvalue weighted by Crippen LogP contribution is -2.09. The summed E-state index contributed by atoms with van der Waals surface area (Å²) in [5.74, 6) is 0.618. The zero-order chi connectivity index (χ0) is 11.0. The van der Waals surface area contributed by atoms with E-state index in [1.165, 1.54) is 0 Å². The van der Waals surface area contributed by atoms with Gasteiger partial charge in [0.1, 0.15) is 17.1 Å². The summed E-state index contributed by atoms with van der Waals surface area (Å²) in [6, 6.07) is 0. The summed E-state index contributed by atoms with van der Waals surface area (Å²) in [5, 5.41) is 0. The fraction of sp³-hybridized carbons (Fsp3) is 0.455. The summed E-state index contributed by atoms with van der Waals surface area (Å²) in [4.78, 5) is 23.1. The van der Waals surface area contributed by atoms with Crippen LogP contribution in [0.1, 0.15) is 45.6 Å². The van der Waals surface area contributed by atoms with Crippen LogP contribution in [-0.2, 0) is 11.2 Å². The normalized spacial score (nSPS) is 14.1. The second-order valence-electron chi connectivity index (χ2n) is 3.48. The van der Waals surface area contributed by atoms with Gasteiger partial charge in [-0.3, -0.25) is 4.79 Å². The highest BCUT2D eigenvalue weighted by Crippen LogP contribution is 2.30. The highest BCUT2D eigenvalue weighted by atomic mass is 16.5. The third-order valence-corrected chi connectivity index (χ3v) is 2.49. The molecule has 0 aromatic carbocycles. The molecule has 0 spiro atoms. The molecule has 15 heavy (non-hydrogen) atoms. The van der Waals surface area contributed by atoms with E-state index in [0.29, 0.717) is 42.1 Å². The molecular formula is C11H12O4. The molecule has 1 heterocycles. The van der Waals surface area contributed by atoms with Crippen molar-refractivity contribution in [3.63, 3.8) is 0 Å². The average Bonchev–Trinajstić information content (AvgIpc) is 2.67. The molecule has 1 aliphatic carbocycles. The van der Waals surface area contributed by atoms with Crippen LogP contribution in [0.2, 0.25) is 0 Å². The molecule has 4 nitrogen and oxygen atoms in total. The first-order chi connectivity index (χ1) is 7.15. The molecule has 0 unspecified atom stereocenters. The van der Waals surface area contributed by atoms with Crippen LogP contribution in [0, 0.1) is 6.92 Å². The van der Waals surface area contributed by atoms with Gasteiger partial charge in [-0.1, -0.05) is 0 Å². The summed E-state index contributed by atoms with van der Waals surface area (Å²) in [6.45, 7) is 3.71. The van der Waals surface area contributed by atoms with Crippen molar-refractivity contribution >= 4 is 11.8 Å². The lowest BCUT2D eigenvalue weighted by molar-refractivity contribution is 0.0521. The second-order valence-corrected chi connectivity index (χ2v) is 3.48. The molecule has 4 heteroatoms. The molecule has 1 aliphatic rings. The topological polar surface area (TPSA) is 56.5 Å². The maximum absolute atomic E-state index is 11.6. The lowest BCUT2D eigenvalue weighted by Gasteiger charge is -2.01. The van der Waals surface area contributed by atoms with Crippen molar-refractivity contribution in [1.29, 1.82) is 0 Å². The van der Waals surface area contributed by atoms with Gasteiger partial charge in [-0.05, 0) is 13.8 Å². The molecule has 2 rings (SSSR count). The molecule has 1 aromatic heterocycles. The maximum Gasteiger partial charge on any atom is 0.342 e. The Labute approximate surface area is 87.2 Å². The summed E-state index contributed by atoms with van der Waals surface area (Å²) in [7, 11) is 0. The number of hydrogen-bond donors (Lipinski definition) is 0. The third-order valence-electron chi connectivity index (χ3n) is 2.49. The van der Waals surface area contributed by atoms with Crippen LogP contribution in [-0.4, -0.2) is 18.4 Å². The average molecular weight is 208 g/mol. The van der Waals surface area contributed by atoms with Gasteiger partial charge in [0, 0.05) is 12.8 Å². The molecule has 0 N–H and O–H groups in total. The molecule has 0 aliphatic heterocycles. The number of furan rings is 1. The minimum atomic E-state index is -0.463. The van der Waals surface area contributed by atoms with E-state index in [0.717, 1.165) is 0 Å². The number of ketones is 1. The van der Waals surface area contributed by atoms with Crippen molar-refractivity contribution in [2.45, 2.75) is 26.7 Å². The van der Waals surface area contributed by atoms with Crippen LogP contribution >= 0.6 is 0 Å². The minimum absolute atomic E-state index is 0.0232. The van der Waals surface area contributed by atoms with Crippen molar-refractivity contribution < 1.29 is 18.7 Å². The van der Waals surface area contributed by atoms with Crippen molar-refractivity contribution in [1.82, 2.24) is 0 Å². The molecule has 0 saturated heterocycles. The molecule has 0 atom stereocenters. The Balaban J connectivity index is 2.47. The van der Waals surface area contributed by atoms with Crippen LogP contribution in [0.5, 0.6) is 0 Å². The van der Waals surface area contributed by atoms with Crippen molar-refractivity contribution in [3.05, 3.63) is 22.6 Å². The highest BCUT2D eigenvalue weighted by molar-refractivity contribution is 6.09. The summed E-state index contributed by atoms with van der Waals surface area (Å²) >= 11 is 0. The van der Waals surface area contributed by atoms with E-state index in [9.17, 15) is 9.59 Å². The number of hydrogen-bond acceptors (Lipinski definition) is 4. The molecule has 1 aromatic rings. The number of esters is 1. The minimum Gasteiger partial charge on any atom is -0.465 e. The molecule has 0 radical (unpaired) electrons. The lowest BCUT2D eigenvalue weighted by atomic mass is 10.1. The van der Waals surface area contributed by atoms with Crippen molar-refractivity contribution in [3.8, 4) is 0 Å². The molecule has 0 saturated carbocycles. The van der Waals surface area contributed by atoms with Gasteiger partial charge >= 0.3 is 5.97 Å². The van der Waals surface area contributed by atoms with Gasteiger partial charge in [0.2, 0.25) is 0 Å². The Bertz CT molecular complexity index is 428. The smallest absolute Gasteiger partial charge is 0.342 e. The molecule has 0 fully saturated rings. The van der Waals surface area contributed by atoms with Gasteiger partial charge in [0.25, 0.3) is 0 Å². The Kier molecular flexibility index (Phi) is 2.34. The van der Waals surface area contributed by atoms with Crippen LogP contribution in [0.25, 0.3) is 0 Å². The molecule has 0 bridgehead atoms. The van der Waals surface area contributed by atoms with Crippen LogP contribution < -0.4 is 0 Å². The first-order valence-corrected chi connectivity index (χ1v) is 4.97. The number of carbonyl (C=O) groups is 2. The van der Waals surface area contributed by atoms with Crippen LogP contribution in [0.15, 0.2) is 4.42 Å². The number of carbonyl (C=O) groups excluding carboxylic acids is 2. The Morgan fingerprint density at radius 3 is 2.87 bits per heavy atom. The SMILES string of the molecule is CCOC(=O)c1c(C)oc2c1C(=O)CC2. The predicted octanol–water partition coefficient (Wildman–Crippen LogP) is 1.89. The summed E-state index contributed by atoms with van der Waals surface area (Å²) < 4.78 is 10.3. The van der Waals surface area contributed by atoms with Crippen LogP contribution in [0.3, 0.4) is 0 Å². The second kappa shape index (κ2) is 3.53. The van der Waals surface area contributed by atoms with Gasteiger partial charge < -0.3 is 9.15 Å². The standard InChI is InChI=1S/C11H12O4/c1-3-14-11(13)9-6(2)15-8-5-4-7(12)10(8)9/h3-5H2,1-2H3. The van der Waals surface area contributed by atoms with E-state index in [1.54, 1.807) is 13.8 Å². The number of Topliss-reactive ketones (excluding diaryl/α,β-unsaturated/α-hetero) is 1. The van der Waals surface area contributed by atoms with E-state index in [1.807, 2.05) is 0 Å². The van der Waals surface area contributed by atoms with Crippen LogP contribution in [0.4, 0.5) is 0 Å². The first-order valence-electron chi connectivity index (χ1n) is 4.97. The summed E-state index contributed by atoms with van der Waals surface area (Å²) in [5.41, 5.74) is 0.750. The first kappa shape index (κ1) is 9.96. The summed E-state index contributed by atoms with van der Waals surface area (Å²) in [6.07, 6.45) is 1.02. The Morgan fingerprint density at radius 2 is 2.20 bits per heavy atom. The molecule has 80 valence electrons. The van der Waals surface area contributed by atoms with E-state index < -0.39 is 5.97 Å². The number of aryl methyl sites for hydroxylation is 2. The number of rotatable bonds is 2. The highest BCUT2D eigenvalue weighted by Gasteiger charge is 2.32. The van der Waals surface area contributed by atoms with Gasteiger partial charge in [-0.2, -0.15) is 0 Å². The fourth-order valence-corrected chi connectivity index (χ4v) is 1.87. The van der Waals surface area contributed by atoms with E-state index in [-0.39, 0.29) is 5.78 Å². The van der Waals surface area contributed by atoms with Gasteiger partial charge in [0.05, 0.1) is 12.2 Å². The van der Waals surface area contributed by atoms with Gasteiger partial charge in [0.15, 0.2) is 5.78 Å². The number of fused-ring (bicyclic) bond motifs is 1. The van der Waals surface area contributed by atoms with Gasteiger partial charge in [-0.15, -0.1) is 0 Å². The fourth-order valence-electron chi connectivity index (χ4n) is 1.87. The zero-order valence-corrected chi connectivity index (χ0v) is 8.75. The largest absolute Gasteiger partial charge is 0.465 e.